The van der Waals surface area contributed by atoms with E-state index < -0.39 is 0 Å². The van der Waals surface area contributed by atoms with Crippen molar-refractivity contribution in [1.29, 1.82) is 0 Å². The molecule has 1 aliphatic rings. The van der Waals surface area contributed by atoms with E-state index in [9.17, 15) is 0 Å². The number of thiophene rings is 1. The molecule has 126 valence electrons. The largest absolute Gasteiger partial charge is 0.257 e. The van der Waals surface area contributed by atoms with Gasteiger partial charge in [0.2, 0.25) is 0 Å². The lowest BCUT2D eigenvalue weighted by Crippen LogP contribution is -2.18. The summed E-state index contributed by atoms with van der Waals surface area (Å²) in [6, 6.07) is 17.6. The summed E-state index contributed by atoms with van der Waals surface area (Å²) in [6.45, 7) is 0. The van der Waals surface area contributed by atoms with Crippen molar-refractivity contribution >= 4 is 57.5 Å². The van der Waals surface area contributed by atoms with Gasteiger partial charge in [-0.15, -0.1) is 11.3 Å². The molecule has 0 saturated carbocycles. The van der Waals surface area contributed by atoms with Crippen LogP contribution < -0.4 is 5.01 Å². The number of rotatable bonds is 3. The molecule has 1 atom stereocenters. The summed E-state index contributed by atoms with van der Waals surface area (Å²) in [5.41, 5.74) is 3.09. The van der Waals surface area contributed by atoms with Crippen LogP contribution in [0.2, 0.25) is 15.1 Å². The average Bonchev–Trinajstić information content (AvgIpc) is 3.22. The van der Waals surface area contributed by atoms with E-state index >= 15 is 0 Å². The van der Waals surface area contributed by atoms with Crippen molar-refractivity contribution in [2.24, 2.45) is 5.10 Å². The maximum atomic E-state index is 6.33. The number of benzene rings is 2. The molecule has 0 fully saturated rings. The molecule has 1 aromatic heterocycles. The highest BCUT2D eigenvalue weighted by molar-refractivity contribution is 7.12. The summed E-state index contributed by atoms with van der Waals surface area (Å²) in [5, 5.41) is 11.0. The van der Waals surface area contributed by atoms with Crippen LogP contribution in [0.5, 0.6) is 0 Å². The van der Waals surface area contributed by atoms with Crippen LogP contribution in [0.25, 0.3) is 0 Å². The number of hydrazone groups is 1. The van der Waals surface area contributed by atoms with Gasteiger partial charge in [0.1, 0.15) is 0 Å². The minimum atomic E-state index is 0.0731. The Morgan fingerprint density at radius 1 is 0.960 bits per heavy atom. The zero-order valence-electron chi connectivity index (χ0n) is 13.0. The minimum Gasteiger partial charge on any atom is -0.257 e. The van der Waals surface area contributed by atoms with E-state index in [0.29, 0.717) is 5.02 Å². The molecular weight excluding hydrogens is 395 g/mol. The molecule has 25 heavy (non-hydrogen) atoms. The van der Waals surface area contributed by atoms with Gasteiger partial charge in [-0.1, -0.05) is 53.0 Å². The van der Waals surface area contributed by atoms with Crippen molar-refractivity contribution in [3.63, 3.8) is 0 Å². The molecule has 0 amide bonds. The van der Waals surface area contributed by atoms with Gasteiger partial charge < -0.3 is 0 Å². The quantitative estimate of drug-likeness (QED) is 0.453. The summed E-state index contributed by atoms with van der Waals surface area (Å²) in [7, 11) is 0. The zero-order chi connectivity index (χ0) is 17.4. The standard InChI is InChI=1S/C19H13Cl3N2S/c20-13-6-4-12(5-7-13)18-11-17(19-16(22)8-9-25-19)23-24(18)15-3-1-2-14(21)10-15/h1-10,18H,11H2. The third kappa shape index (κ3) is 3.42. The molecule has 2 aromatic carbocycles. The van der Waals surface area contributed by atoms with Gasteiger partial charge in [0.15, 0.2) is 0 Å². The molecule has 0 bridgehead atoms. The first kappa shape index (κ1) is 16.9. The van der Waals surface area contributed by atoms with Gasteiger partial charge in [-0.05, 0) is 47.3 Å². The summed E-state index contributed by atoms with van der Waals surface area (Å²) >= 11 is 20.2. The second kappa shape index (κ2) is 7.00. The predicted octanol–water partition coefficient (Wildman–Crippen LogP) is 7.06. The molecule has 0 saturated heterocycles. The van der Waals surface area contributed by atoms with Crippen LogP contribution in [-0.4, -0.2) is 5.71 Å². The van der Waals surface area contributed by atoms with Gasteiger partial charge >= 0.3 is 0 Å². The summed E-state index contributed by atoms with van der Waals surface area (Å²) in [5.74, 6) is 0. The Morgan fingerprint density at radius 3 is 2.44 bits per heavy atom. The third-order valence-electron chi connectivity index (χ3n) is 4.12. The number of hydrogen-bond donors (Lipinski definition) is 0. The molecule has 3 aromatic rings. The Balaban J connectivity index is 1.77. The zero-order valence-corrected chi connectivity index (χ0v) is 16.1. The molecule has 0 spiro atoms. The van der Waals surface area contributed by atoms with Crippen LogP contribution in [0.3, 0.4) is 0 Å². The fourth-order valence-electron chi connectivity index (χ4n) is 2.95. The molecule has 1 aliphatic heterocycles. The molecule has 6 heteroatoms. The molecule has 1 unspecified atom stereocenters. The third-order valence-corrected chi connectivity index (χ3v) is 5.99. The fourth-order valence-corrected chi connectivity index (χ4v) is 4.42. The van der Waals surface area contributed by atoms with Gasteiger partial charge in [-0.2, -0.15) is 5.10 Å². The van der Waals surface area contributed by atoms with Crippen LogP contribution in [0.15, 0.2) is 65.1 Å². The number of hydrogen-bond acceptors (Lipinski definition) is 3. The molecule has 4 rings (SSSR count). The number of nitrogens with zero attached hydrogens (tertiary/aromatic N) is 2. The smallest absolute Gasteiger partial charge is 0.0832 e. The monoisotopic (exact) mass is 406 g/mol. The van der Waals surface area contributed by atoms with Crippen molar-refractivity contribution in [2.45, 2.75) is 12.5 Å². The normalized spacial score (nSPS) is 17.0. The van der Waals surface area contributed by atoms with Crippen molar-refractivity contribution < 1.29 is 0 Å². The van der Waals surface area contributed by atoms with Crippen LogP contribution in [0, 0.1) is 0 Å². The molecule has 0 radical (unpaired) electrons. The van der Waals surface area contributed by atoms with Crippen LogP contribution in [0.1, 0.15) is 22.9 Å². The molecular formula is C19H13Cl3N2S. The highest BCUT2D eigenvalue weighted by Crippen LogP contribution is 2.39. The summed E-state index contributed by atoms with van der Waals surface area (Å²) < 4.78 is 0. The van der Waals surface area contributed by atoms with E-state index in [0.717, 1.165) is 38.3 Å². The SMILES string of the molecule is Clc1ccc(C2CC(c3sccc3Cl)=NN2c2cccc(Cl)c2)cc1. The maximum absolute atomic E-state index is 6.33. The van der Waals surface area contributed by atoms with E-state index in [1.54, 1.807) is 11.3 Å². The van der Waals surface area contributed by atoms with Crippen molar-refractivity contribution in [1.82, 2.24) is 0 Å². The van der Waals surface area contributed by atoms with Crippen LogP contribution >= 0.6 is 46.1 Å². The Morgan fingerprint density at radius 2 is 1.76 bits per heavy atom. The lowest BCUT2D eigenvalue weighted by atomic mass is 10.0. The highest BCUT2D eigenvalue weighted by Gasteiger charge is 2.31. The van der Waals surface area contributed by atoms with E-state index in [4.69, 9.17) is 39.9 Å². The molecule has 2 nitrogen and oxygen atoms in total. The lowest BCUT2D eigenvalue weighted by Gasteiger charge is -2.24. The Hall–Kier alpha value is -1.52. The van der Waals surface area contributed by atoms with E-state index in [2.05, 4.69) is 0 Å². The number of halogens is 3. The summed E-state index contributed by atoms with van der Waals surface area (Å²) in [6.07, 6.45) is 0.772. The lowest BCUT2D eigenvalue weighted by molar-refractivity contribution is 0.709. The highest BCUT2D eigenvalue weighted by atomic mass is 35.5. The van der Waals surface area contributed by atoms with Gasteiger partial charge in [0.25, 0.3) is 0 Å². The Kier molecular flexibility index (Phi) is 4.74. The number of anilines is 1. The predicted molar refractivity (Wildman–Crippen MR) is 109 cm³/mol. The summed E-state index contributed by atoms with van der Waals surface area (Å²) in [4.78, 5) is 1.02. The van der Waals surface area contributed by atoms with Gasteiger partial charge in [0.05, 0.1) is 27.3 Å². The molecule has 2 heterocycles. The average molecular weight is 408 g/mol. The van der Waals surface area contributed by atoms with Crippen LogP contribution in [0.4, 0.5) is 5.69 Å². The maximum Gasteiger partial charge on any atom is 0.0832 e. The van der Waals surface area contributed by atoms with Crippen molar-refractivity contribution in [3.05, 3.63) is 85.5 Å². The second-order valence-electron chi connectivity index (χ2n) is 5.74. The van der Waals surface area contributed by atoms with Crippen molar-refractivity contribution in [3.8, 4) is 0 Å². The van der Waals surface area contributed by atoms with E-state index in [1.165, 1.54) is 0 Å². The Labute approximate surface area is 165 Å². The first-order chi connectivity index (χ1) is 12.1. The molecule has 0 aliphatic carbocycles. The topological polar surface area (TPSA) is 15.6 Å². The molecule has 0 N–H and O–H groups in total. The first-order valence-corrected chi connectivity index (χ1v) is 9.74. The van der Waals surface area contributed by atoms with E-state index in [1.807, 2.05) is 65.0 Å². The van der Waals surface area contributed by atoms with Gasteiger partial charge in [-0.3, -0.25) is 5.01 Å². The fraction of sp³-hybridized carbons (Fsp3) is 0.105. The second-order valence-corrected chi connectivity index (χ2v) is 7.94. The van der Waals surface area contributed by atoms with Gasteiger partial charge in [-0.25, -0.2) is 0 Å². The van der Waals surface area contributed by atoms with Crippen LogP contribution in [-0.2, 0) is 0 Å². The van der Waals surface area contributed by atoms with Gasteiger partial charge in [0, 0.05) is 16.5 Å². The Bertz CT molecular complexity index is 934. The first-order valence-electron chi connectivity index (χ1n) is 7.73. The minimum absolute atomic E-state index is 0.0731. The van der Waals surface area contributed by atoms with Crippen molar-refractivity contribution in [2.75, 3.05) is 5.01 Å². The van der Waals surface area contributed by atoms with E-state index in [-0.39, 0.29) is 6.04 Å².